The molecule has 10 heteroatoms. The predicted octanol–water partition coefficient (Wildman–Crippen LogP) is 5.74. The minimum absolute atomic E-state index is 0.0224. The van der Waals surface area contributed by atoms with E-state index in [0.29, 0.717) is 21.3 Å². The quantitative estimate of drug-likeness (QED) is 0.269. The monoisotopic (exact) mass is 585 g/mol. The number of nitrogens with one attached hydrogen (secondary N) is 2. The van der Waals surface area contributed by atoms with Crippen molar-refractivity contribution < 1.29 is 22.4 Å². The van der Waals surface area contributed by atoms with Crippen LogP contribution in [-0.2, 0) is 26.0 Å². The lowest BCUT2D eigenvalue weighted by molar-refractivity contribution is -0.118. The second-order valence-corrected chi connectivity index (χ2v) is 12.0. The standard InChI is InChI=1S/C31H24FN3O4S2/c1-20-2-16-27(17-3-20)41(38,39)35-29(36)19-22-6-14-26(15-7-22)33-31-34-30(37)28(40-31)18-21-4-8-23(9-5-21)24-10-12-25(32)13-11-24/h2-18H,19H2,1H3,(H,35,36)(H,33,34,37). The molecule has 0 bridgehead atoms. The molecule has 4 aromatic carbocycles. The number of benzene rings is 4. The molecule has 0 saturated carbocycles. The molecule has 0 aliphatic carbocycles. The smallest absolute Gasteiger partial charge is 0.264 e. The number of nitrogens with zero attached hydrogens (tertiary/aromatic N) is 1. The number of carbonyl (C=O) groups excluding carboxylic acids is 2. The summed E-state index contributed by atoms with van der Waals surface area (Å²) in [7, 11) is -3.95. The zero-order valence-electron chi connectivity index (χ0n) is 21.8. The number of aryl methyl sites for hydroxylation is 1. The molecular weight excluding hydrogens is 561 g/mol. The highest BCUT2D eigenvalue weighted by molar-refractivity contribution is 8.18. The molecular formula is C31H24FN3O4S2. The number of sulfonamides is 1. The molecule has 2 N–H and O–H groups in total. The van der Waals surface area contributed by atoms with Crippen LogP contribution in [0.2, 0.25) is 0 Å². The molecule has 1 aliphatic rings. The van der Waals surface area contributed by atoms with Crippen molar-refractivity contribution in [3.8, 4) is 11.1 Å². The Morgan fingerprint density at radius 1 is 0.902 bits per heavy atom. The third-order valence-electron chi connectivity index (χ3n) is 6.15. The van der Waals surface area contributed by atoms with Crippen molar-refractivity contribution in [1.82, 2.24) is 10.0 Å². The van der Waals surface area contributed by atoms with Crippen LogP contribution < -0.4 is 10.0 Å². The van der Waals surface area contributed by atoms with Crippen molar-refractivity contribution in [2.45, 2.75) is 18.2 Å². The molecule has 5 rings (SSSR count). The Bertz CT molecular complexity index is 1770. The van der Waals surface area contributed by atoms with Crippen LogP contribution in [0.5, 0.6) is 0 Å². The fourth-order valence-electron chi connectivity index (χ4n) is 4.00. The molecule has 0 spiro atoms. The van der Waals surface area contributed by atoms with Gasteiger partial charge < -0.3 is 5.32 Å². The fraction of sp³-hybridized carbons (Fsp3) is 0.0645. The molecule has 7 nitrogen and oxygen atoms in total. The van der Waals surface area contributed by atoms with Crippen molar-refractivity contribution >= 4 is 50.5 Å². The lowest BCUT2D eigenvalue weighted by Crippen LogP contribution is -2.31. The van der Waals surface area contributed by atoms with Crippen molar-refractivity contribution in [3.63, 3.8) is 0 Å². The maximum atomic E-state index is 13.2. The van der Waals surface area contributed by atoms with Gasteiger partial charge in [0.15, 0.2) is 5.17 Å². The SMILES string of the molecule is Cc1ccc(S(=O)(=O)NC(=O)Cc2ccc(N=C3NC(=O)C(=Cc4ccc(-c5ccc(F)cc5)cc4)S3)cc2)cc1. The molecule has 0 radical (unpaired) electrons. The van der Waals surface area contributed by atoms with Gasteiger partial charge in [0.1, 0.15) is 5.82 Å². The molecule has 0 atom stereocenters. The molecule has 0 aromatic heterocycles. The largest absolute Gasteiger partial charge is 0.300 e. The van der Waals surface area contributed by atoms with Gasteiger partial charge in [0.05, 0.1) is 21.9 Å². The Morgan fingerprint density at radius 2 is 1.51 bits per heavy atom. The summed E-state index contributed by atoms with van der Waals surface area (Å²) in [5, 5.41) is 3.16. The zero-order chi connectivity index (χ0) is 29.0. The number of hydrogen-bond donors (Lipinski definition) is 2. The highest BCUT2D eigenvalue weighted by Crippen LogP contribution is 2.29. The topological polar surface area (TPSA) is 105 Å². The van der Waals surface area contributed by atoms with E-state index >= 15 is 0 Å². The Hall–Kier alpha value is -4.54. The first kappa shape index (κ1) is 28.0. The summed E-state index contributed by atoms with van der Waals surface area (Å²) >= 11 is 1.21. The molecule has 206 valence electrons. The van der Waals surface area contributed by atoms with E-state index in [1.165, 1.54) is 36.0 Å². The molecule has 1 saturated heterocycles. The van der Waals surface area contributed by atoms with Crippen LogP contribution in [0.15, 0.2) is 112 Å². The van der Waals surface area contributed by atoms with E-state index < -0.39 is 15.9 Å². The van der Waals surface area contributed by atoms with Crippen LogP contribution in [0, 0.1) is 12.7 Å². The van der Waals surface area contributed by atoms with Gasteiger partial charge in [-0.1, -0.05) is 66.2 Å². The van der Waals surface area contributed by atoms with E-state index in [1.807, 2.05) is 31.2 Å². The van der Waals surface area contributed by atoms with Crippen molar-refractivity contribution in [2.24, 2.45) is 4.99 Å². The Labute approximate surface area is 241 Å². The van der Waals surface area contributed by atoms with Gasteiger partial charge in [-0.2, -0.15) is 0 Å². The highest BCUT2D eigenvalue weighted by Gasteiger charge is 2.24. The van der Waals surface area contributed by atoms with Crippen LogP contribution in [0.25, 0.3) is 17.2 Å². The van der Waals surface area contributed by atoms with Gasteiger partial charge in [0.2, 0.25) is 5.91 Å². The van der Waals surface area contributed by atoms with E-state index in [4.69, 9.17) is 0 Å². The minimum atomic E-state index is -3.95. The molecule has 4 aromatic rings. The number of amidine groups is 1. The second kappa shape index (κ2) is 11.9. The molecule has 0 unspecified atom stereocenters. The van der Waals surface area contributed by atoms with Crippen LogP contribution >= 0.6 is 11.8 Å². The molecule has 2 amide bonds. The van der Waals surface area contributed by atoms with Gasteiger partial charge in [-0.15, -0.1) is 0 Å². The first-order valence-corrected chi connectivity index (χ1v) is 14.8. The van der Waals surface area contributed by atoms with Crippen molar-refractivity contribution in [3.05, 3.63) is 124 Å². The number of rotatable bonds is 7. The number of carbonyl (C=O) groups is 2. The summed E-state index contributed by atoms with van der Waals surface area (Å²) < 4.78 is 40.2. The summed E-state index contributed by atoms with van der Waals surface area (Å²) in [5.74, 6) is -1.20. The van der Waals surface area contributed by atoms with E-state index in [0.717, 1.165) is 22.3 Å². The lowest BCUT2D eigenvalue weighted by atomic mass is 10.0. The number of halogens is 1. The fourth-order valence-corrected chi connectivity index (χ4v) is 5.83. The van der Waals surface area contributed by atoms with Crippen LogP contribution in [0.3, 0.4) is 0 Å². The summed E-state index contributed by atoms with van der Waals surface area (Å²) in [4.78, 5) is 29.8. The van der Waals surface area contributed by atoms with Gasteiger partial charge >= 0.3 is 0 Å². The minimum Gasteiger partial charge on any atom is -0.300 e. The first-order valence-electron chi connectivity index (χ1n) is 12.5. The molecule has 1 aliphatic heterocycles. The van der Waals surface area contributed by atoms with Crippen LogP contribution in [0.1, 0.15) is 16.7 Å². The Kier molecular flexibility index (Phi) is 8.14. The Balaban J connectivity index is 1.20. The van der Waals surface area contributed by atoms with Gasteiger partial charge in [0, 0.05) is 0 Å². The summed E-state index contributed by atoms with van der Waals surface area (Å²) in [6.45, 7) is 1.84. The molecule has 1 fully saturated rings. The van der Waals surface area contributed by atoms with E-state index in [9.17, 15) is 22.4 Å². The number of thioether (sulfide) groups is 1. The number of amides is 2. The summed E-state index contributed by atoms with van der Waals surface area (Å²) in [6, 6.07) is 26.8. The zero-order valence-corrected chi connectivity index (χ0v) is 23.4. The van der Waals surface area contributed by atoms with Gasteiger partial charge in [-0.3, -0.25) is 9.59 Å². The van der Waals surface area contributed by atoms with E-state index in [-0.39, 0.29) is 23.0 Å². The molecule has 1 heterocycles. The normalized spacial score (nSPS) is 15.2. The Morgan fingerprint density at radius 3 is 2.15 bits per heavy atom. The summed E-state index contributed by atoms with van der Waals surface area (Å²) in [5.41, 5.74) is 4.75. The van der Waals surface area contributed by atoms with Crippen molar-refractivity contribution in [2.75, 3.05) is 0 Å². The first-order chi connectivity index (χ1) is 19.6. The highest BCUT2D eigenvalue weighted by atomic mass is 32.2. The van der Waals surface area contributed by atoms with Gasteiger partial charge in [0.25, 0.3) is 15.9 Å². The van der Waals surface area contributed by atoms with Crippen molar-refractivity contribution in [1.29, 1.82) is 0 Å². The number of hydrogen-bond acceptors (Lipinski definition) is 6. The van der Waals surface area contributed by atoms with E-state index in [2.05, 4.69) is 15.0 Å². The van der Waals surface area contributed by atoms with Gasteiger partial charge in [-0.05, 0) is 83.4 Å². The lowest BCUT2D eigenvalue weighted by Gasteiger charge is -2.07. The average molecular weight is 586 g/mol. The van der Waals surface area contributed by atoms with Gasteiger partial charge in [-0.25, -0.2) is 22.5 Å². The predicted molar refractivity (Wildman–Crippen MR) is 159 cm³/mol. The second-order valence-electron chi connectivity index (χ2n) is 9.30. The van der Waals surface area contributed by atoms with Crippen LogP contribution in [-0.4, -0.2) is 25.4 Å². The molecule has 41 heavy (non-hydrogen) atoms. The van der Waals surface area contributed by atoms with E-state index in [1.54, 1.807) is 54.6 Å². The summed E-state index contributed by atoms with van der Waals surface area (Å²) in [6.07, 6.45) is 1.64. The third kappa shape index (κ3) is 7.16. The number of aliphatic imine (C=N–C) groups is 1. The maximum absolute atomic E-state index is 13.2. The maximum Gasteiger partial charge on any atom is 0.264 e. The van der Waals surface area contributed by atoms with Crippen LogP contribution in [0.4, 0.5) is 10.1 Å². The average Bonchev–Trinajstić information content (AvgIpc) is 3.28. The third-order valence-corrected chi connectivity index (χ3v) is 8.45.